The van der Waals surface area contributed by atoms with Crippen LogP contribution in [0.4, 0.5) is 17.1 Å². The molecule has 0 spiro atoms. The number of benzene rings is 9. The molecular weight excluding hydrogens is 735 g/mol. The Morgan fingerprint density at radius 3 is 1.28 bits per heavy atom. The van der Waals surface area contributed by atoms with Gasteiger partial charge in [-0.3, -0.25) is 0 Å². The Morgan fingerprint density at radius 1 is 0.361 bits per heavy atom. The first-order chi connectivity index (χ1) is 30.0. The highest BCUT2D eigenvalue weighted by atomic mass is 15.1. The van der Waals surface area contributed by atoms with Gasteiger partial charge in [0.2, 0.25) is 0 Å². The highest BCUT2D eigenvalue weighted by Crippen LogP contribution is 2.45. The third kappa shape index (κ3) is 8.26. The third-order valence-corrected chi connectivity index (χ3v) is 12.4. The minimum atomic E-state index is 1.04. The van der Waals surface area contributed by atoms with Gasteiger partial charge >= 0.3 is 0 Å². The summed E-state index contributed by atoms with van der Waals surface area (Å²) in [6, 6.07) is 70.2. The van der Waals surface area contributed by atoms with Crippen LogP contribution >= 0.6 is 0 Å². The van der Waals surface area contributed by atoms with Gasteiger partial charge in [-0.2, -0.15) is 0 Å². The smallest absolute Gasteiger partial charge is 0.0462 e. The van der Waals surface area contributed by atoms with Crippen molar-refractivity contribution in [3.63, 3.8) is 0 Å². The third-order valence-electron chi connectivity index (χ3n) is 12.4. The van der Waals surface area contributed by atoms with Gasteiger partial charge in [-0.15, -0.1) is 0 Å². The topological polar surface area (TPSA) is 3.24 Å². The van der Waals surface area contributed by atoms with E-state index >= 15 is 0 Å². The number of unbranched alkanes of at least 4 members (excludes halogenated alkanes) is 2. The molecule has 9 aromatic carbocycles. The first kappa shape index (κ1) is 39.7. The standard InChI is InChI=1S/C60H55N/c1-5-7-13-50-28-27-48-15-9-10-16-55(48)59(50)60-51(14-8-6-2)41-58(56-17-11-12-18-57(56)60)49-33-39-54(40-34-49)61(52-35-29-46(30-36-52)44-23-19-42(3)20-24-44)53-37-31-47(32-38-53)45-25-21-43(4)22-26-45/h9-12,15-41H,5-8,13-14H2,1-4H3. The van der Waals surface area contributed by atoms with Gasteiger partial charge in [-0.25, -0.2) is 0 Å². The van der Waals surface area contributed by atoms with Crippen LogP contribution in [0.2, 0.25) is 0 Å². The maximum absolute atomic E-state index is 2.53. The maximum Gasteiger partial charge on any atom is 0.0462 e. The lowest BCUT2D eigenvalue weighted by atomic mass is 9.82. The highest BCUT2D eigenvalue weighted by molar-refractivity contribution is 6.11. The van der Waals surface area contributed by atoms with E-state index in [9.17, 15) is 0 Å². The zero-order chi connectivity index (χ0) is 41.7. The number of hydrogen-bond donors (Lipinski definition) is 0. The molecule has 0 unspecified atom stereocenters. The predicted octanol–water partition coefficient (Wildman–Crippen LogP) is 17.4. The second-order valence-corrected chi connectivity index (χ2v) is 16.7. The summed E-state index contributed by atoms with van der Waals surface area (Å²) >= 11 is 0. The molecule has 0 N–H and O–H groups in total. The van der Waals surface area contributed by atoms with Crippen molar-refractivity contribution in [2.75, 3.05) is 4.90 Å². The first-order valence-corrected chi connectivity index (χ1v) is 22.3. The summed E-state index contributed by atoms with van der Waals surface area (Å²) in [5.41, 5.74) is 19.1. The van der Waals surface area contributed by atoms with Crippen LogP contribution in [0, 0.1) is 13.8 Å². The number of fused-ring (bicyclic) bond motifs is 2. The maximum atomic E-state index is 2.53. The first-order valence-electron chi connectivity index (χ1n) is 22.3. The van der Waals surface area contributed by atoms with Gasteiger partial charge in [-0.05, 0) is 159 Å². The van der Waals surface area contributed by atoms with Gasteiger partial charge < -0.3 is 4.90 Å². The fourth-order valence-electron chi connectivity index (χ4n) is 9.05. The van der Waals surface area contributed by atoms with Crippen LogP contribution in [-0.4, -0.2) is 0 Å². The van der Waals surface area contributed by atoms with Crippen molar-refractivity contribution in [3.8, 4) is 44.5 Å². The Bertz CT molecular complexity index is 2810. The summed E-state index contributed by atoms with van der Waals surface area (Å²) in [5, 5.41) is 5.31. The van der Waals surface area contributed by atoms with Gasteiger partial charge in [0.25, 0.3) is 0 Å². The van der Waals surface area contributed by atoms with Crippen molar-refractivity contribution >= 4 is 38.6 Å². The predicted molar refractivity (Wildman–Crippen MR) is 265 cm³/mol. The molecule has 9 aromatic rings. The number of nitrogens with zero attached hydrogens (tertiary/aromatic N) is 1. The molecule has 0 bridgehead atoms. The lowest BCUT2D eigenvalue weighted by Crippen LogP contribution is -2.09. The molecule has 300 valence electrons. The number of rotatable bonds is 13. The molecule has 0 radical (unpaired) electrons. The molecule has 0 aliphatic carbocycles. The van der Waals surface area contributed by atoms with E-state index in [1.807, 2.05) is 0 Å². The van der Waals surface area contributed by atoms with Crippen LogP contribution < -0.4 is 4.90 Å². The van der Waals surface area contributed by atoms with Gasteiger partial charge in [0.15, 0.2) is 0 Å². The van der Waals surface area contributed by atoms with Crippen molar-refractivity contribution in [1.82, 2.24) is 0 Å². The lowest BCUT2D eigenvalue weighted by molar-refractivity contribution is 0.792. The minimum absolute atomic E-state index is 1.04. The monoisotopic (exact) mass is 789 g/mol. The molecule has 9 rings (SSSR count). The molecule has 0 aromatic heterocycles. The summed E-state index contributed by atoms with van der Waals surface area (Å²) in [5.74, 6) is 0. The molecule has 0 amide bonds. The largest absolute Gasteiger partial charge is 0.311 e. The van der Waals surface area contributed by atoms with Crippen molar-refractivity contribution < 1.29 is 0 Å². The van der Waals surface area contributed by atoms with Gasteiger partial charge in [0.1, 0.15) is 0 Å². The Balaban J connectivity index is 1.15. The van der Waals surface area contributed by atoms with E-state index in [1.54, 1.807) is 0 Å². The molecule has 0 heterocycles. The van der Waals surface area contributed by atoms with Crippen LogP contribution in [-0.2, 0) is 12.8 Å². The fraction of sp³-hybridized carbons (Fsp3) is 0.167. The van der Waals surface area contributed by atoms with E-state index < -0.39 is 0 Å². The minimum Gasteiger partial charge on any atom is -0.311 e. The van der Waals surface area contributed by atoms with Crippen molar-refractivity contribution in [3.05, 3.63) is 210 Å². The molecule has 1 nitrogen and oxygen atoms in total. The van der Waals surface area contributed by atoms with Gasteiger partial charge in [0, 0.05) is 17.1 Å². The highest BCUT2D eigenvalue weighted by Gasteiger charge is 2.20. The molecule has 0 atom stereocenters. The molecule has 0 saturated carbocycles. The SMILES string of the molecule is CCCCc1ccc2ccccc2c1-c1c(CCCC)cc(-c2ccc(N(c3ccc(-c4ccc(C)cc4)cc3)c3ccc(-c4ccc(C)cc4)cc3)cc2)c2ccccc12. The second kappa shape index (κ2) is 17.9. The van der Waals surface area contributed by atoms with E-state index in [2.05, 4.69) is 221 Å². The van der Waals surface area contributed by atoms with E-state index in [0.717, 1.165) is 42.7 Å². The molecule has 0 aliphatic heterocycles. The fourth-order valence-corrected chi connectivity index (χ4v) is 9.05. The Labute approximate surface area is 363 Å². The molecule has 0 saturated heterocycles. The summed E-state index contributed by atoms with van der Waals surface area (Å²) in [4.78, 5) is 2.38. The van der Waals surface area contributed by atoms with Crippen LogP contribution in [0.15, 0.2) is 188 Å². The van der Waals surface area contributed by atoms with Crippen molar-refractivity contribution in [2.24, 2.45) is 0 Å². The van der Waals surface area contributed by atoms with Crippen LogP contribution in [0.1, 0.15) is 61.8 Å². The zero-order valence-corrected chi connectivity index (χ0v) is 36.1. The molecule has 0 aliphatic rings. The summed E-state index contributed by atoms with van der Waals surface area (Å²) in [6.45, 7) is 8.88. The van der Waals surface area contributed by atoms with E-state index in [1.165, 1.54) is 101 Å². The van der Waals surface area contributed by atoms with Crippen molar-refractivity contribution in [1.29, 1.82) is 0 Å². The average molecular weight is 790 g/mol. The average Bonchev–Trinajstić information content (AvgIpc) is 3.31. The molecular formula is C60H55N. The van der Waals surface area contributed by atoms with Crippen molar-refractivity contribution in [2.45, 2.75) is 66.2 Å². The second-order valence-electron chi connectivity index (χ2n) is 16.7. The Hall–Kier alpha value is -6.70. The normalized spacial score (nSPS) is 11.3. The van der Waals surface area contributed by atoms with E-state index in [0.29, 0.717) is 0 Å². The van der Waals surface area contributed by atoms with Gasteiger partial charge in [0.05, 0.1) is 0 Å². The summed E-state index contributed by atoms with van der Waals surface area (Å²) in [6.07, 6.45) is 6.80. The summed E-state index contributed by atoms with van der Waals surface area (Å²) in [7, 11) is 0. The van der Waals surface area contributed by atoms with Crippen LogP contribution in [0.3, 0.4) is 0 Å². The van der Waals surface area contributed by atoms with Crippen LogP contribution in [0.5, 0.6) is 0 Å². The number of anilines is 3. The quantitative estimate of drug-likeness (QED) is 0.112. The van der Waals surface area contributed by atoms with Gasteiger partial charge in [-0.1, -0.05) is 183 Å². The molecule has 0 fully saturated rings. The van der Waals surface area contributed by atoms with E-state index in [4.69, 9.17) is 0 Å². The number of hydrogen-bond acceptors (Lipinski definition) is 1. The molecule has 1 heteroatoms. The lowest BCUT2D eigenvalue weighted by Gasteiger charge is -2.26. The zero-order valence-electron chi connectivity index (χ0n) is 36.1. The number of aryl methyl sites for hydroxylation is 4. The van der Waals surface area contributed by atoms with E-state index in [-0.39, 0.29) is 0 Å². The Kier molecular flexibility index (Phi) is 11.6. The molecule has 61 heavy (non-hydrogen) atoms. The summed E-state index contributed by atoms with van der Waals surface area (Å²) < 4.78 is 0. The van der Waals surface area contributed by atoms with Crippen LogP contribution in [0.25, 0.3) is 66.1 Å². The Morgan fingerprint density at radius 2 is 0.770 bits per heavy atom.